The van der Waals surface area contributed by atoms with Gasteiger partial charge in [-0.05, 0) is 17.7 Å². The van der Waals surface area contributed by atoms with Crippen LogP contribution in [0.15, 0.2) is 65.2 Å². The molecule has 1 aromatic heterocycles. The largest absolute Gasteiger partial charge is 0.356 e. The molecule has 0 fully saturated rings. The summed E-state index contributed by atoms with van der Waals surface area (Å²) in [5.74, 6) is 1.54. The summed E-state index contributed by atoms with van der Waals surface area (Å²) in [6, 6.07) is 19.0. The quantitative estimate of drug-likeness (QED) is 0.694. The highest BCUT2D eigenvalue weighted by atomic mass is 35.5. The number of nitrogens with zero attached hydrogens (tertiary/aromatic N) is 1. The molecule has 112 valence electrons. The molecule has 0 N–H and O–H groups in total. The average molecular weight is 332 g/mol. The van der Waals surface area contributed by atoms with E-state index in [1.54, 1.807) is 12.1 Å². The van der Waals surface area contributed by atoms with Crippen molar-refractivity contribution in [2.45, 2.75) is 11.5 Å². The van der Waals surface area contributed by atoms with Gasteiger partial charge in [-0.2, -0.15) is 0 Å². The molecule has 0 aliphatic heterocycles. The van der Waals surface area contributed by atoms with Crippen molar-refractivity contribution in [2.24, 2.45) is 0 Å². The highest BCUT2D eigenvalue weighted by molar-refractivity contribution is 7.83. The molecule has 0 saturated carbocycles. The number of benzene rings is 2. The van der Waals surface area contributed by atoms with Crippen LogP contribution in [0, 0.1) is 0 Å². The van der Waals surface area contributed by atoms with Crippen LogP contribution in [0.5, 0.6) is 0 Å². The normalized spacial score (nSPS) is 12.2. The minimum absolute atomic E-state index is 0.374. The first kappa shape index (κ1) is 15.0. The van der Waals surface area contributed by atoms with E-state index in [1.165, 1.54) is 0 Å². The number of halogens is 1. The Morgan fingerprint density at radius 2 is 1.73 bits per heavy atom. The first-order valence-electron chi connectivity index (χ1n) is 6.81. The van der Waals surface area contributed by atoms with E-state index in [-0.39, 0.29) is 0 Å². The van der Waals surface area contributed by atoms with E-state index >= 15 is 0 Å². The summed E-state index contributed by atoms with van der Waals surface area (Å²) in [6.45, 7) is 0. The lowest BCUT2D eigenvalue weighted by Crippen LogP contribution is -1.99. The van der Waals surface area contributed by atoms with Gasteiger partial charge < -0.3 is 4.52 Å². The van der Waals surface area contributed by atoms with Crippen molar-refractivity contribution < 1.29 is 8.73 Å². The van der Waals surface area contributed by atoms with E-state index < -0.39 is 10.8 Å². The van der Waals surface area contributed by atoms with Crippen LogP contribution in [0.1, 0.15) is 11.3 Å². The topological polar surface area (TPSA) is 43.1 Å². The molecule has 5 heteroatoms. The molecule has 3 rings (SSSR count). The van der Waals surface area contributed by atoms with Crippen molar-refractivity contribution >= 4 is 22.4 Å². The monoisotopic (exact) mass is 331 g/mol. The fraction of sp³-hybridized carbons (Fsp3) is 0.118. The molecular weight excluding hydrogens is 318 g/mol. The van der Waals surface area contributed by atoms with Crippen LogP contribution < -0.4 is 0 Å². The minimum atomic E-state index is -1.04. The molecule has 0 bridgehead atoms. The van der Waals surface area contributed by atoms with E-state index in [0.29, 0.717) is 28.0 Å². The Hall–Kier alpha value is -1.91. The Bertz CT molecular complexity index is 769. The van der Waals surface area contributed by atoms with Gasteiger partial charge in [0.25, 0.3) is 0 Å². The van der Waals surface area contributed by atoms with Crippen LogP contribution >= 0.6 is 11.6 Å². The molecule has 0 amide bonds. The van der Waals surface area contributed by atoms with E-state index in [2.05, 4.69) is 5.16 Å². The fourth-order valence-electron chi connectivity index (χ4n) is 2.10. The van der Waals surface area contributed by atoms with E-state index in [4.69, 9.17) is 16.1 Å². The molecule has 0 radical (unpaired) electrons. The van der Waals surface area contributed by atoms with Crippen molar-refractivity contribution in [3.63, 3.8) is 0 Å². The molecule has 0 spiro atoms. The maximum atomic E-state index is 12.2. The summed E-state index contributed by atoms with van der Waals surface area (Å²) in [5, 5.41) is 4.68. The molecule has 0 aliphatic carbocycles. The zero-order valence-electron chi connectivity index (χ0n) is 11.7. The molecular formula is C17H14ClNO2S. The van der Waals surface area contributed by atoms with Crippen LogP contribution in [-0.2, 0) is 22.3 Å². The minimum Gasteiger partial charge on any atom is -0.356 e. The van der Waals surface area contributed by atoms with Crippen LogP contribution in [0.2, 0.25) is 5.02 Å². The van der Waals surface area contributed by atoms with Gasteiger partial charge in [0.1, 0.15) is 0 Å². The summed E-state index contributed by atoms with van der Waals surface area (Å²) < 4.78 is 17.5. The molecule has 2 aromatic carbocycles. The highest BCUT2D eigenvalue weighted by Crippen LogP contribution is 2.21. The Labute approximate surface area is 136 Å². The third kappa shape index (κ3) is 3.84. The number of aromatic nitrogens is 1. The second kappa shape index (κ2) is 6.90. The van der Waals surface area contributed by atoms with Crippen LogP contribution in [0.3, 0.4) is 0 Å². The lowest BCUT2D eigenvalue weighted by atomic mass is 10.2. The zero-order valence-corrected chi connectivity index (χ0v) is 13.3. The maximum absolute atomic E-state index is 12.2. The van der Waals surface area contributed by atoms with E-state index in [9.17, 15) is 4.21 Å². The van der Waals surface area contributed by atoms with Gasteiger partial charge in [-0.1, -0.05) is 59.2 Å². The first-order chi connectivity index (χ1) is 10.7. The number of rotatable bonds is 5. The molecule has 0 aliphatic rings. The van der Waals surface area contributed by atoms with Gasteiger partial charge in [-0.25, -0.2) is 0 Å². The lowest BCUT2D eigenvalue weighted by Gasteiger charge is -2.00. The van der Waals surface area contributed by atoms with Gasteiger partial charge in [0, 0.05) is 33.2 Å². The fourth-order valence-corrected chi connectivity index (χ4v) is 3.36. The third-order valence-electron chi connectivity index (χ3n) is 3.17. The van der Waals surface area contributed by atoms with Crippen LogP contribution in [0.4, 0.5) is 0 Å². The maximum Gasteiger partial charge on any atom is 0.167 e. The van der Waals surface area contributed by atoms with E-state index in [0.717, 1.165) is 11.1 Å². The Balaban J connectivity index is 1.65. The number of hydrogen-bond donors (Lipinski definition) is 0. The predicted molar refractivity (Wildman–Crippen MR) is 88.9 cm³/mol. The summed E-state index contributed by atoms with van der Waals surface area (Å²) in [5.41, 5.74) is 2.66. The summed E-state index contributed by atoms with van der Waals surface area (Å²) in [7, 11) is -1.04. The Morgan fingerprint density at radius 1 is 1.00 bits per heavy atom. The molecule has 1 atom stereocenters. The summed E-state index contributed by atoms with van der Waals surface area (Å²) in [6.07, 6.45) is 0. The highest BCUT2D eigenvalue weighted by Gasteiger charge is 2.10. The molecule has 1 unspecified atom stereocenters. The molecule has 3 nitrogen and oxygen atoms in total. The van der Waals surface area contributed by atoms with Crippen molar-refractivity contribution in [3.05, 3.63) is 76.9 Å². The van der Waals surface area contributed by atoms with Crippen LogP contribution in [-0.4, -0.2) is 9.37 Å². The standard InChI is InChI=1S/C17H14ClNO2S/c18-15-8-6-13(7-9-15)11-22(20)12-16-10-17(21-19-16)14-4-2-1-3-5-14/h1-10H,11-12H2. The van der Waals surface area contributed by atoms with Crippen molar-refractivity contribution in [1.82, 2.24) is 5.16 Å². The molecule has 3 aromatic rings. The van der Waals surface area contributed by atoms with Crippen molar-refractivity contribution in [3.8, 4) is 11.3 Å². The van der Waals surface area contributed by atoms with Gasteiger partial charge >= 0.3 is 0 Å². The molecule has 22 heavy (non-hydrogen) atoms. The van der Waals surface area contributed by atoms with Crippen molar-refractivity contribution in [1.29, 1.82) is 0 Å². The average Bonchev–Trinajstić information content (AvgIpc) is 2.99. The van der Waals surface area contributed by atoms with E-state index in [1.807, 2.05) is 48.5 Å². The van der Waals surface area contributed by atoms with Gasteiger partial charge in [-0.15, -0.1) is 0 Å². The first-order valence-corrected chi connectivity index (χ1v) is 8.68. The Kier molecular flexibility index (Phi) is 4.71. The van der Waals surface area contributed by atoms with Crippen LogP contribution in [0.25, 0.3) is 11.3 Å². The van der Waals surface area contributed by atoms with Gasteiger partial charge in [0.2, 0.25) is 0 Å². The molecule has 0 saturated heterocycles. The number of hydrogen-bond acceptors (Lipinski definition) is 3. The summed E-state index contributed by atoms with van der Waals surface area (Å²) in [4.78, 5) is 0. The second-order valence-corrected chi connectivity index (χ2v) is 6.80. The van der Waals surface area contributed by atoms with Gasteiger partial charge in [-0.3, -0.25) is 4.21 Å². The SMILES string of the molecule is O=S(Cc1ccc(Cl)cc1)Cc1cc(-c2ccccc2)on1. The zero-order chi connectivity index (χ0) is 15.4. The predicted octanol–water partition coefficient (Wildman–Crippen LogP) is 4.44. The van der Waals surface area contributed by atoms with Gasteiger partial charge in [0.05, 0.1) is 11.4 Å². The lowest BCUT2D eigenvalue weighted by molar-refractivity contribution is 0.426. The second-order valence-electron chi connectivity index (χ2n) is 4.90. The smallest absolute Gasteiger partial charge is 0.167 e. The third-order valence-corrected chi connectivity index (χ3v) is 4.69. The van der Waals surface area contributed by atoms with Crippen molar-refractivity contribution in [2.75, 3.05) is 0 Å². The molecule has 1 heterocycles. The Morgan fingerprint density at radius 3 is 2.45 bits per heavy atom. The summed E-state index contributed by atoms with van der Waals surface area (Å²) >= 11 is 5.84. The van der Waals surface area contributed by atoms with Gasteiger partial charge in [0.15, 0.2) is 5.76 Å².